The highest BCUT2D eigenvalue weighted by Gasteiger charge is 2.31. The molecule has 2 N–H and O–H groups in total. The van der Waals surface area contributed by atoms with Crippen LogP contribution < -0.4 is 10.2 Å². The number of benzene rings is 1. The molecule has 3 rings (SSSR count). The first-order chi connectivity index (χ1) is 11.6. The Morgan fingerprint density at radius 3 is 2.62 bits per heavy atom. The van der Waals surface area contributed by atoms with Gasteiger partial charge in [-0.1, -0.05) is 6.07 Å². The highest BCUT2D eigenvalue weighted by molar-refractivity contribution is 6.17. The van der Waals surface area contributed by atoms with E-state index in [1.54, 1.807) is 12.1 Å². The van der Waals surface area contributed by atoms with Gasteiger partial charge in [0.05, 0.1) is 24.5 Å². The summed E-state index contributed by atoms with van der Waals surface area (Å²) in [6.45, 7) is 1.18. The molecule has 6 nitrogen and oxygen atoms in total. The third-order valence-corrected chi connectivity index (χ3v) is 4.26. The molecular formula is C17H20FN3O3. The van der Waals surface area contributed by atoms with Crippen LogP contribution in [0.4, 0.5) is 15.8 Å². The number of β-amino-alcohol motifs (C(OH)–C–C–N with tert-alkyl or cyclic N) is 1. The second-order valence-corrected chi connectivity index (χ2v) is 5.89. The maximum Gasteiger partial charge on any atom is 0.277 e. The number of anilines is 2. The number of aliphatic hydroxyl groups excluding tert-OH is 1. The number of rotatable bonds is 5. The molecule has 0 radical (unpaired) electrons. The predicted octanol–water partition coefficient (Wildman–Crippen LogP) is 1.47. The van der Waals surface area contributed by atoms with Crippen molar-refractivity contribution in [3.63, 3.8) is 0 Å². The summed E-state index contributed by atoms with van der Waals surface area (Å²) in [4.78, 5) is 27.0. The lowest BCUT2D eigenvalue weighted by atomic mass is 10.1. The van der Waals surface area contributed by atoms with Crippen LogP contribution in [-0.4, -0.2) is 48.1 Å². The molecule has 0 bridgehead atoms. The number of hydrogen-bond donors (Lipinski definition) is 2. The van der Waals surface area contributed by atoms with E-state index in [9.17, 15) is 14.0 Å². The van der Waals surface area contributed by atoms with E-state index in [2.05, 4.69) is 5.32 Å². The van der Waals surface area contributed by atoms with E-state index < -0.39 is 11.8 Å². The van der Waals surface area contributed by atoms with Gasteiger partial charge >= 0.3 is 0 Å². The van der Waals surface area contributed by atoms with Gasteiger partial charge < -0.3 is 15.3 Å². The molecule has 2 amide bonds. The molecule has 7 heteroatoms. The van der Waals surface area contributed by atoms with Crippen LogP contribution in [-0.2, 0) is 9.59 Å². The van der Waals surface area contributed by atoms with Crippen LogP contribution in [0.25, 0.3) is 0 Å². The van der Waals surface area contributed by atoms with Crippen LogP contribution >= 0.6 is 0 Å². The molecule has 2 heterocycles. The van der Waals surface area contributed by atoms with Crippen molar-refractivity contribution in [1.29, 1.82) is 0 Å². The number of para-hydroxylation sites is 1. The molecule has 24 heavy (non-hydrogen) atoms. The zero-order chi connectivity index (χ0) is 17.1. The average Bonchev–Trinajstić information content (AvgIpc) is 2.84. The fourth-order valence-corrected chi connectivity index (χ4v) is 3.11. The fraction of sp³-hybridized carbons (Fsp3) is 0.412. The van der Waals surface area contributed by atoms with Crippen molar-refractivity contribution in [1.82, 2.24) is 4.90 Å². The van der Waals surface area contributed by atoms with Crippen molar-refractivity contribution >= 4 is 23.2 Å². The Labute approximate surface area is 139 Å². The summed E-state index contributed by atoms with van der Waals surface area (Å²) in [7, 11) is 0. The second-order valence-electron chi connectivity index (χ2n) is 5.89. The number of carbonyl (C=O) groups excluding carboxylic acids is 2. The van der Waals surface area contributed by atoms with Gasteiger partial charge in [0.2, 0.25) is 0 Å². The first kappa shape index (κ1) is 16.4. The summed E-state index contributed by atoms with van der Waals surface area (Å²) in [6.07, 6.45) is 4.31. The van der Waals surface area contributed by atoms with Gasteiger partial charge in [-0.15, -0.1) is 0 Å². The normalized spacial score (nSPS) is 18.2. The minimum Gasteiger partial charge on any atom is -0.395 e. The van der Waals surface area contributed by atoms with Gasteiger partial charge in [-0.25, -0.2) is 4.39 Å². The lowest BCUT2D eigenvalue weighted by molar-refractivity contribution is -0.137. The maximum atomic E-state index is 14.4. The number of piperidine rings is 1. The molecule has 0 saturated carbocycles. The summed E-state index contributed by atoms with van der Waals surface area (Å²) >= 11 is 0. The second kappa shape index (κ2) is 7.00. The lowest BCUT2D eigenvalue weighted by Gasteiger charge is -2.31. The molecular weight excluding hydrogens is 313 g/mol. The van der Waals surface area contributed by atoms with E-state index in [-0.39, 0.29) is 24.7 Å². The molecule has 128 valence electrons. The minimum atomic E-state index is -0.511. The van der Waals surface area contributed by atoms with E-state index >= 15 is 0 Å². The maximum absolute atomic E-state index is 14.4. The van der Waals surface area contributed by atoms with E-state index in [0.717, 1.165) is 37.3 Å². The summed E-state index contributed by atoms with van der Waals surface area (Å²) < 4.78 is 14.4. The Hall–Kier alpha value is -2.41. The highest BCUT2D eigenvalue weighted by Crippen LogP contribution is 2.33. The van der Waals surface area contributed by atoms with Crippen molar-refractivity contribution in [2.24, 2.45) is 0 Å². The molecule has 1 fully saturated rings. The van der Waals surface area contributed by atoms with Crippen molar-refractivity contribution < 1.29 is 19.1 Å². The fourth-order valence-electron chi connectivity index (χ4n) is 3.11. The van der Waals surface area contributed by atoms with Crippen LogP contribution in [0.3, 0.4) is 0 Å². The van der Waals surface area contributed by atoms with Crippen molar-refractivity contribution in [2.45, 2.75) is 19.3 Å². The summed E-state index contributed by atoms with van der Waals surface area (Å²) in [6, 6.07) is 4.65. The molecule has 0 unspecified atom stereocenters. The molecule has 0 aromatic heterocycles. The first-order valence-corrected chi connectivity index (χ1v) is 8.10. The summed E-state index contributed by atoms with van der Waals surface area (Å²) in [5, 5.41) is 11.8. The average molecular weight is 333 g/mol. The van der Waals surface area contributed by atoms with Gasteiger partial charge in [0, 0.05) is 19.2 Å². The SMILES string of the molecule is O=C1C=C(Nc2cccc(F)c2N2CCCCC2)C(=O)N1CCO. The van der Waals surface area contributed by atoms with Crippen LogP contribution in [0.2, 0.25) is 0 Å². The van der Waals surface area contributed by atoms with Gasteiger partial charge in [0.15, 0.2) is 0 Å². The Morgan fingerprint density at radius 1 is 1.17 bits per heavy atom. The van der Waals surface area contributed by atoms with Crippen LogP contribution in [0, 0.1) is 5.82 Å². The van der Waals surface area contributed by atoms with Crippen molar-refractivity contribution in [3.05, 3.63) is 35.8 Å². The highest BCUT2D eigenvalue weighted by atomic mass is 19.1. The first-order valence-electron chi connectivity index (χ1n) is 8.10. The number of aliphatic hydroxyl groups is 1. The quantitative estimate of drug-likeness (QED) is 0.799. The van der Waals surface area contributed by atoms with E-state index in [0.29, 0.717) is 11.4 Å². The molecule has 1 aromatic rings. The third kappa shape index (κ3) is 3.12. The topological polar surface area (TPSA) is 72.9 Å². The molecule has 0 spiro atoms. The number of hydrogen-bond acceptors (Lipinski definition) is 5. The molecule has 1 aromatic carbocycles. The van der Waals surface area contributed by atoms with Gasteiger partial charge in [0.25, 0.3) is 11.8 Å². The Kier molecular flexibility index (Phi) is 4.80. The molecule has 1 saturated heterocycles. The van der Waals surface area contributed by atoms with Gasteiger partial charge in [-0.3, -0.25) is 14.5 Å². The zero-order valence-corrected chi connectivity index (χ0v) is 13.3. The van der Waals surface area contributed by atoms with Crippen molar-refractivity contribution in [2.75, 3.05) is 36.5 Å². The number of halogens is 1. The number of nitrogens with zero attached hydrogens (tertiary/aromatic N) is 2. The molecule has 0 atom stereocenters. The molecule has 0 aliphatic carbocycles. The van der Waals surface area contributed by atoms with E-state index in [1.807, 2.05) is 4.90 Å². The summed E-state index contributed by atoms with van der Waals surface area (Å²) in [5.74, 6) is -1.35. The largest absolute Gasteiger partial charge is 0.395 e. The Morgan fingerprint density at radius 2 is 1.92 bits per heavy atom. The lowest BCUT2D eigenvalue weighted by Crippen LogP contribution is -2.34. The third-order valence-electron chi connectivity index (χ3n) is 4.26. The molecule has 2 aliphatic heterocycles. The summed E-state index contributed by atoms with van der Waals surface area (Å²) in [5.41, 5.74) is 0.992. The minimum absolute atomic E-state index is 0.0541. The van der Waals surface area contributed by atoms with Gasteiger partial charge in [0.1, 0.15) is 11.5 Å². The Bertz CT molecular complexity index is 684. The monoisotopic (exact) mass is 333 g/mol. The van der Waals surface area contributed by atoms with E-state index in [1.165, 1.54) is 12.1 Å². The van der Waals surface area contributed by atoms with Crippen LogP contribution in [0.5, 0.6) is 0 Å². The van der Waals surface area contributed by atoms with E-state index in [4.69, 9.17) is 5.11 Å². The van der Waals surface area contributed by atoms with Crippen molar-refractivity contribution in [3.8, 4) is 0 Å². The van der Waals surface area contributed by atoms with Gasteiger partial charge in [-0.05, 0) is 31.4 Å². The zero-order valence-electron chi connectivity index (χ0n) is 13.3. The number of nitrogens with one attached hydrogen (secondary N) is 1. The molecule has 2 aliphatic rings. The number of carbonyl (C=O) groups is 2. The smallest absolute Gasteiger partial charge is 0.277 e. The van der Waals surface area contributed by atoms with Gasteiger partial charge in [-0.2, -0.15) is 0 Å². The standard InChI is InChI=1S/C17H20FN3O3/c18-12-5-4-6-13(16(12)20-7-2-1-3-8-20)19-14-11-15(23)21(9-10-22)17(14)24/h4-6,11,19,22H,1-3,7-10H2. The number of imide groups is 1. The predicted molar refractivity (Wildman–Crippen MR) is 88.0 cm³/mol. The Balaban J connectivity index is 1.86. The van der Waals surface area contributed by atoms with Crippen LogP contribution in [0.15, 0.2) is 30.0 Å². The van der Waals surface area contributed by atoms with Crippen LogP contribution in [0.1, 0.15) is 19.3 Å². The number of amides is 2.